The fraction of sp³-hybridized carbons (Fsp3) is 0.348. The number of nitrogens with zero attached hydrogens (tertiary/aromatic N) is 3. The van der Waals surface area contributed by atoms with E-state index in [1.165, 1.54) is 6.42 Å². The third-order valence-electron chi connectivity index (χ3n) is 5.22. The number of benzene rings is 2. The van der Waals surface area contributed by atoms with Crippen LogP contribution in [0.1, 0.15) is 48.1 Å². The Balaban J connectivity index is 1.37. The monoisotopic (exact) mass is 390 g/mol. The van der Waals surface area contributed by atoms with Gasteiger partial charge in [0.05, 0.1) is 6.54 Å². The number of hydrogen-bond donors (Lipinski definition) is 1. The van der Waals surface area contributed by atoms with Gasteiger partial charge in [-0.1, -0.05) is 67.1 Å². The van der Waals surface area contributed by atoms with Crippen LogP contribution in [0.25, 0.3) is 0 Å². The normalized spacial score (nSPS) is 13.7. The summed E-state index contributed by atoms with van der Waals surface area (Å²) in [4.78, 5) is 12.4. The molecule has 2 heterocycles. The van der Waals surface area contributed by atoms with E-state index in [1.807, 2.05) is 60.7 Å². The first kappa shape index (κ1) is 19.3. The fourth-order valence-electron chi connectivity index (χ4n) is 3.70. The molecule has 1 N–H and O–H groups in total. The summed E-state index contributed by atoms with van der Waals surface area (Å²) in [6.45, 7) is 1.28. The number of aromatic nitrogens is 3. The van der Waals surface area contributed by atoms with Gasteiger partial charge in [-0.3, -0.25) is 4.79 Å². The van der Waals surface area contributed by atoms with Gasteiger partial charge in [0, 0.05) is 13.0 Å². The Morgan fingerprint density at radius 2 is 1.66 bits per heavy atom. The molecule has 0 spiro atoms. The maximum atomic E-state index is 12.4. The molecule has 0 atom stereocenters. The lowest BCUT2D eigenvalue weighted by Gasteiger charge is -2.19. The molecular formula is C23H26N4O2. The van der Waals surface area contributed by atoms with E-state index in [0.717, 1.165) is 48.6 Å². The number of aryl methyl sites for hydroxylation is 1. The Morgan fingerprint density at radius 3 is 2.34 bits per heavy atom. The van der Waals surface area contributed by atoms with Crippen molar-refractivity contribution in [3.63, 3.8) is 0 Å². The van der Waals surface area contributed by atoms with Gasteiger partial charge < -0.3 is 14.6 Å². The average Bonchev–Trinajstić information content (AvgIpc) is 3.00. The molecule has 29 heavy (non-hydrogen) atoms. The molecule has 6 heteroatoms. The van der Waals surface area contributed by atoms with E-state index in [0.29, 0.717) is 6.54 Å². The van der Waals surface area contributed by atoms with Crippen LogP contribution in [-0.2, 0) is 29.0 Å². The first-order chi connectivity index (χ1) is 14.3. The zero-order chi connectivity index (χ0) is 19.9. The number of rotatable bonds is 7. The number of carbonyl (C=O) groups excluding carboxylic acids is 1. The van der Waals surface area contributed by atoms with Crippen LogP contribution in [0, 0.1) is 0 Å². The second-order valence-electron chi connectivity index (χ2n) is 7.28. The van der Waals surface area contributed by atoms with Gasteiger partial charge in [-0.15, -0.1) is 10.2 Å². The summed E-state index contributed by atoms with van der Waals surface area (Å²) in [5.74, 6) is 1.68. The molecule has 1 amide bonds. The summed E-state index contributed by atoms with van der Waals surface area (Å²) in [6.07, 6.45) is 4.17. The van der Waals surface area contributed by atoms with Crippen LogP contribution in [0.5, 0.6) is 0 Å². The zero-order valence-electron chi connectivity index (χ0n) is 16.5. The minimum absolute atomic E-state index is 0.0184. The predicted molar refractivity (Wildman–Crippen MR) is 110 cm³/mol. The van der Waals surface area contributed by atoms with E-state index in [1.54, 1.807) is 0 Å². The number of ether oxygens (including phenoxy) is 1. The van der Waals surface area contributed by atoms with Crippen molar-refractivity contribution < 1.29 is 9.53 Å². The van der Waals surface area contributed by atoms with Crippen molar-refractivity contribution in [2.75, 3.05) is 6.61 Å². The van der Waals surface area contributed by atoms with E-state index in [4.69, 9.17) is 4.74 Å². The highest BCUT2D eigenvalue weighted by Gasteiger charge is 2.18. The van der Waals surface area contributed by atoms with Gasteiger partial charge in [-0.05, 0) is 24.0 Å². The van der Waals surface area contributed by atoms with Crippen molar-refractivity contribution in [1.29, 1.82) is 0 Å². The molecule has 0 unspecified atom stereocenters. The van der Waals surface area contributed by atoms with E-state index < -0.39 is 0 Å². The standard InChI is InChI=1S/C23H26N4O2/c28-22(24-16-21-26-25-20-14-8-3-9-15-27(20)21)17-29-23(18-10-4-1-5-11-18)19-12-6-2-7-13-19/h1-2,4-7,10-13,23H,3,8-9,14-17H2,(H,24,28). The van der Waals surface area contributed by atoms with Crippen molar-refractivity contribution in [2.24, 2.45) is 0 Å². The smallest absolute Gasteiger partial charge is 0.246 e. The quantitative estimate of drug-likeness (QED) is 0.671. The van der Waals surface area contributed by atoms with Crippen LogP contribution >= 0.6 is 0 Å². The SMILES string of the molecule is O=C(COC(c1ccccc1)c1ccccc1)NCc1nnc2n1CCCCC2. The summed E-state index contributed by atoms with van der Waals surface area (Å²) >= 11 is 0. The van der Waals surface area contributed by atoms with Gasteiger partial charge in [-0.2, -0.15) is 0 Å². The molecule has 3 aromatic rings. The fourth-order valence-corrected chi connectivity index (χ4v) is 3.70. The number of nitrogens with one attached hydrogen (secondary N) is 1. The lowest BCUT2D eigenvalue weighted by atomic mass is 10.0. The predicted octanol–water partition coefficient (Wildman–Crippen LogP) is 3.43. The van der Waals surface area contributed by atoms with Crippen LogP contribution in [0.4, 0.5) is 0 Å². The summed E-state index contributed by atoms with van der Waals surface area (Å²) in [5.41, 5.74) is 2.04. The van der Waals surface area contributed by atoms with E-state index in [2.05, 4.69) is 20.1 Å². The summed E-state index contributed by atoms with van der Waals surface area (Å²) in [6, 6.07) is 19.9. The van der Waals surface area contributed by atoms with Crippen LogP contribution in [0.2, 0.25) is 0 Å². The molecule has 0 aliphatic carbocycles. The molecule has 1 aliphatic rings. The molecule has 0 saturated heterocycles. The Labute approximate surface area is 170 Å². The Morgan fingerprint density at radius 1 is 0.966 bits per heavy atom. The third-order valence-corrected chi connectivity index (χ3v) is 5.22. The second-order valence-corrected chi connectivity index (χ2v) is 7.28. The van der Waals surface area contributed by atoms with E-state index in [9.17, 15) is 4.79 Å². The highest BCUT2D eigenvalue weighted by atomic mass is 16.5. The minimum atomic E-state index is -0.285. The first-order valence-corrected chi connectivity index (χ1v) is 10.2. The largest absolute Gasteiger partial charge is 0.359 e. The molecule has 0 saturated carbocycles. The van der Waals surface area contributed by atoms with Gasteiger partial charge in [0.2, 0.25) is 5.91 Å². The molecule has 1 aliphatic heterocycles. The van der Waals surface area contributed by atoms with Crippen molar-refractivity contribution in [2.45, 2.75) is 44.9 Å². The number of amides is 1. The van der Waals surface area contributed by atoms with Crippen LogP contribution in [0.3, 0.4) is 0 Å². The molecule has 2 aromatic carbocycles. The topological polar surface area (TPSA) is 69.0 Å². The Bertz CT molecular complexity index is 885. The molecule has 4 rings (SSSR count). The third kappa shape index (κ3) is 4.90. The lowest BCUT2D eigenvalue weighted by Crippen LogP contribution is -2.29. The van der Waals surface area contributed by atoms with Gasteiger partial charge in [0.25, 0.3) is 0 Å². The van der Waals surface area contributed by atoms with Gasteiger partial charge in [0.1, 0.15) is 18.5 Å². The van der Waals surface area contributed by atoms with Crippen LogP contribution in [-0.4, -0.2) is 27.3 Å². The highest BCUT2D eigenvalue weighted by molar-refractivity contribution is 5.77. The Hall–Kier alpha value is -2.99. The molecule has 150 valence electrons. The zero-order valence-corrected chi connectivity index (χ0v) is 16.5. The molecule has 0 bridgehead atoms. The average molecular weight is 390 g/mol. The van der Waals surface area contributed by atoms with Gasteiger partial charge in [-0.25, -0.2) is 0 Å². The Kier molecular flexibility index (Phi) is 6.32. The number of carbonyl (C=O) groups is 1. The maximum Gasteiger partial charge on any atom is 0.246 e. The summed E-state index contributed by atoms with van der Waals surface area (Å²) in [7, 11) is 0. The van der Waals surface area contributed by atoms with Crippen LogP contribution in [0.15, 0.2) is 60.7 Å². The number of hydrogen-bond acceptors (Lipinski definition) is 4. The number of fused-ring (bicyclic) bond motifs is 1. The summed E-state index contributed by atoms with van der Waals surface area (Å²) < 4.78 is 8.17. The second kappa shape index (κ2) is 9.47. The van der Waals surface area contributed by atoms with Crippen molar-refractivity contribution in [1.82, 2.24) is 20.1 Å². The summed E-state index contributed by atoms with van der Waals surface area (Å²) in [5, 5.41) is 11.5. The van der Waals surface area contributed by atoms with Crippen molar-refractivity contribution >= 4 is 5.91 Å². The van der Waals surface area contributed by atoms with Crippen LogP contribution < -0.4 is 5.32 Å². The van der Waals surface area contributed by atoms with E-state index in [-0.39, 0.29) is 18.6 Å². The molecule has 6 nitrogen and oxygen atoms in total. The van der Waals surface area contributed by atoms with Gasteiger partial charge >= 0.3 is 0 Å². The highest BCUT2D eigenvalue weighted by Crippen LogP contribution is 2.25. The van der Waals surface area contributed by atoms with Gasteiger partial charge in [0.15, 0.2) is 5.82 Å². The molecular weight excluding hydrogens is 364 g/mol. The molecule has 0 fully saturated rings. The van der Waals surface area contributed by atoms with Crippen molar-refractivity contribution in [3.8, 4) is 0 Å². The lowest BCUT2D eigenvalue weighted by molar-refractivity contribution is -0.127. The van der Waals surface area contributed by atoms with E-state index >= 15 is 0 Å². The molecule has 0 radical (unpaired) electrons. The first-order valence-electron chi connectivity index (χ1n) is 10.2. The molecule has 1 aromatic heterocycles. The maximum absolute atomic E-state index is 12.4. The minimum Gasteiger partial charge on any atom is -0.359 e. The van der Waals surface area contributed by atoms with Crippen molar-refractivity contribution in [3.05, 3.63) is 83.4 Å².